The summed E-state index contributed by atoms with van der Waals surface area (Å²) in [5.74, 6) is -0.319. The lowest BCUT2D eigenvalue weighted by Crippen LogP contribution is -2.11. The highest BCUT2D eigenvalue weighted by Crippen LogP contribution is 2.33. The lowest BCUT2D eigenvalue weighted by molar-refractivity contribution is 0.102. The van der Waals surface area contributed by atoms with E-state index in [0.29, 0.717) is 26.6 Å². The standard InChI is InChI=1S/C20H18N4O4S2/c1-10-4-6-13(18(25)11(10)2)15-9-16(24-23-15)19(26)22-20-21-14-7-5-12(30(3,27)28)8-17(14)29-20/h4-9,25H,1-3H3,(H,23,24)(H,21,22,26). The Morgan fingerprint density at radius 3 is 2.67 bits per heavy atom. The van der Waals surface area contributed by atoms with Crippen molar-refractivity contribution in [1.82, 2.24) is 15.2 Å². The van der Waals surface area contributed by atoms with Gasteiger partial charge in [-0.15, -0.1) is 0 Å². The highest BCUT2D eigenvalue weighted by atomic mass is 32.2. The minimum Gasteiger partial charge on any atom is -0.507 e. The molecule has 0 aliphatic carbocycles. The molecule has 0 saturated carbocycles. The number of phenols is 1. The molecule has 154 valence electrons. The van der Waals surface area contributed by atoms with Crippen LogP contribution in [0.3, 0.4) is 0 Å². The SMILES string of the molecule is Cc1ccc(-c2cc(C(=O)Nc3nc4ccc(S(C)(=O)=O)cc4s3)[nH]n2)c(O)c1C. The van der Waals surface area contributed by atoms with Crippen LogP contribution in [0.5, 0.6) is 5.75 Å². The quantitative estimate of drug-likeness (QED) is 0.443. The number of carbonyl (C=O) groups excluding carboxylic acids is 1. The lowest BCUT2D eigenvalue weighted by atomic mass is 10.0. The second-order valence-corrected chi connectivity index (χ2v) is 9.99. The third-order valence-corrected chi connectivity index (χ3v) is 6.85. The summed E-state index contributed by atoms with van der Waals surface area (Å²) in [7, 11) is -3.33. The number of aryl methyl sites for hydroxylation is 1. The molecule has 4 aromatic rings. The Morgan fingerprint density at radius 2 is 1.93 bits per heavy atom. The predicted molar refractivity (Wildman–Crippen MR) is 116 cm³/mol. The number of H-pyrrole nitrogens is 1. The number of amides is 1. The van der Waals surface area contributed by atoms with E-state index >= 15 is 0 Å². The molecule has 2 aromatic heterocycles. The van der Waals surface area contributed by atoms with Crippen LogP contribution in [0.25, 0.3) is 21.5 Å². The second-order valence-electron chi connectivity index (χ2n) is 6.95. The second kappa shape index (κ2) is 7.22. The number of aromatic nitrogens is 3. The van der Waals surface area contributed by atoms with Gasteiger partial charge < -0.3 is 5.11 Å². The minimum absolute atomic E-state index is 0.126. The fraction of sp³-hybridized carbons (Fsp3) is 0.150. The molecule has 8 nitrogen and oxygen atoms in total. The van der Waals surface area contributed by atoms with Gasteiger partial charge in [-0.1, -0.05) is 17.4 Å². The first kappa shape index (κ1) is 20.0. The van der Waals surface area contributed by atoms with Crippen LogP contribution in [-0.2, 0) is 9.84 Å². The lowest BCUT2D eigenvalue weighted by Gasteiger charge is -2.07. The van der Waals surface area contributed by atoms with Gasteiger partial charge in [0.05, 0.1) is 20.8 Å². The van der Waals surface area contributed by atoms with Crippen molar-refractivity contribution in [2.75, 3.05) is 11.6 Å². The van der Waals surface area contributed by atoms with Crippen molar-refractivity contribution in [1.29, 1.82) is 0 Å². The Balaban J connectivity index is 1.59. The first-order valence-corrected chi connectivity index (χ1v) is 11.6. The van der Waals surface area contributed by atoms with E-state index in [1.54, 1.807) is 18.2 Å². The van der Waals surface area contributed by atoms with E-state index < -0.39 is 15.7 Å². The van der Waals surface area contributed by atoms with Crippen molar-refractivity contribution in [2.45, 2.75) is 18.7 Å². The van der Waals surface area contributed by atoms with Crippen LogP contribution in [0.1, 0.15) is 21.6 Å². The molecule has 0 fully saturated rings. The van der Waals surface area contributed by atoms with Gasteiger partial charge in [0.15, 0.2) is 15.0 Å². The van der Waals surface area contributed by atoms with E-state index in [2.05, 4.69) is 20.5 Å². The van der Waals surface area contributed by atoms with E-state index in [0.717, 1.165) is 17.4 Å². The molecule has 0 bridgehead atoms. The first-order chi connectivity index (χ1) is 14.1. The number of thiazole rings is 1. The van der Waals surface area contributed by atoms with Crippen molar-refractivity contribution in [3.05, 3.63) is 53.2 Å². The van der Waals surface area contributed by atoms with E-state index in [1.807, 2.05) is 19.9 Å². The monoisotopic (exact) mass is 442 g/mol. The summed E-state index contributed by atoms with van der Waals surface area (Å²) in [5, 5.41) is 20.2. The normalized spacial score (nSPS) is 11.7. The van der Waals surface area contributed by atoms with E-state index in [-0.39, 0.29) is 16.3 Å². The van der Waals surface area contributed by atoms with Crippen LogP contribution >= 0.6 is 11.3 Å². The number of hydrogen-bond acceptors (Lipinski definition) is 7. The Labute approximate surface area is 176 Å². The first-order valence-electron chi connectivity index (χ1n) is 8.90. The summed E-state index contributed by atoms with van der Waals surface area (Å²) in [6.45, 7) is 3.72. The third kappa shape index (κ3) is 3.66. The van der Waals surface area contributed by atoms with Crippen molar-refractivity contribution in [2.24, 2.45) is 0 Å². The molecule has 0 unspecified atom stereocenters. The van der Waals surface area contributed by atoms with E-state index in [9.17, 15) is 18.3 Å². The number of phenolic OH excluding ortho intramolecular Hbond substituents is 1. The maximum atomic E-state index is 12.6. The molecule has 4 rings (SSSR count). The summed E-state index contributed by atoms with van der Waals surface area (Å²) >= 11 is 1.18. The summed E-state index contributed by atoms with van der Waals surface area (Å²) < 4.78 is 24.1. The molecule has 10 heteroatoms. The zero-order valence-corrected chi connectivity index (χ0v) is 18.0. The molecule has 0 spiro atoms. The number of aromatic hydroxyl groups is 1. The van der Waals surface area contributed by atoms with Gasteiger partial charge in [-0.3, -0.25) is 15.2 Å². The number of fused-ring (bicyclic) bond motifs is 1. The number of hydrogen-bond donors (Lipinski definition) is 3. The summed E-state index contributed by atoms with van der Waals surface area (Å²) in [4.78, 5) is 17.1. The molecule has 0 radical (unpaired) electrons. The number of sulfone groups is 1. The zero-order valence-electron chi connectivity index (χ0n) is 16.3. The average Bonchev–Trinajstić information content (AvgIpc) is 3.31. The van der Waals surface area contributed by atoms with E-state index in [1.165, 1.54) is 23.5 Å². The van der Waals surface area contributed by atoms with Gasteiger partial charge in [-0.05, 0) is 55.3 Å². The van der Waals surface area contributed by atoms with Crippen molar-refractivity contribution in [3.63, 3.8) is 0 Å². The van der Waals surface area contributed by atoms with E-state index in [4.69, 9.17) is 0 Å². The largest absolute Gasteiger partial charge is 0.507 e. The molecular weight excluding hydrogens is 424 g/mol. The fourth-order valence-corrected chi connectivity index (χ4v) is 4.56. The van der Waals surface area contributed by atoms with Crippen LogP contribution in [0.2, 0.25) is 0 Å². The van der Waals surface area contributed by atoms with Crippen LogP contribution < -0.4 is 5.32 Å². The Hall–Kier alpha value is -3.24. The number of nitrogens with zero attached hydrogens (tertiary/aromatic N) is 2. The van der Waals surface area contributed by atoms with Crippen LogP contribution in [0, 0.1) is 13.8 Å². The third-order valence-electron chi connectivity index (χ3n) is 4.81. The van der Waals surface area contributed by atoms with Crippen LogP contribution in [0.4, 0.5) is 5.13 Å². The maximum Gasteiger partial charge on any atom is 0.275 e. The number of nitrogens with one attached hydrogen (secondary N) is 2. The predicted octanol–water partition coefficient (Wildman–Crippen LogP) is 3.66. The number of aromatic amines is 1. The molecule has 1 amide bonds. The van der Waals surface area contributed by atoms with Gasteiger partial charge in [-0.25, -0.2) is 13.4 Å². The fourth-order valence-electron chi connectivity index (χ4n) is 2.94. The molecule has 2 aromatic carbocycles. The number of anilines is 1. The highest BCUT2D eigenvalue weighted by Gasteiger charge is 2.17. The molecule has 30 heavy (non-hydrogen) atoms. The maximum absolute atomic E-state index is 12.6. The van der Waals surface area contributed by atoms with Gasteiger partial charge in [0, 0.05) is 11.8 Å². The van der Waals surface area contributed by atoms with Gasteiger partial charge in [0.1, 0.15) is 11.4 Å². The van der Waals surface area contributed by atoms with Gasteiger partial charge in [0.25, 0.3) is 5.91 Å². The topological polar surface area (TPSA) is 125 Å². The summed E-state index contributed by atoms with van der Waals surface area (Å²) in [6, 6.07) is 9.81. The molecule has 0 aliphatic rings. The Morgan fingerprint density at radius 1 is 1.17 bits per heavy atom. The Kier molecular flexibility index (Phi) is 4.83. The summed E-state index contributed by atoms with van der Waals surface area (Å²) in [5.41, 5.74) is 3.49. The molecule has 0 saturated heterocycles. The molecule has 0 atom stereocenters. The van der Waals surface area contributed by atoms with Crippen LogP contribution in [-0.4, -0.2) is 40.9 Å². The molecular formula is C20H18N4O4S2. The number of benzene rings is 2. The molecule has 3 N–H and O–H groups in total. The zero-order chi connectivity index (χ0) is 21.6. The minimum atomic E-state index is -3.33. The van der Waals surface area contributed by atoms with Crippen LogP contribution in [0.15, 0.2) is 41.3 Å². The Bertz CT molecular complexity index is 1400. The number of carbonyl (C=O) groups is 1. The van der Waals surface area contributed by atoms with Gasteiger partial charge in [-0.2, -0.15) is 5.10 Å². The van der Waals surface area contributed by atoms with Crippen molar-refractivity contribution < 1.29 is 18.3 Å². The van der Waals surface area contributed by atoms with Gasteiger partial charge >= 0.3 is 0 Å². The average molecular weight is 443 g/mol. The number of rotatable bonds is 4. The van der Waals surface area contributed by atoms with Crippen molar-refractivity contribution >= 4 is 42.4 Å². The smallest absolute Gasteiger partial charge is 0.275 e. The summed E-state index contributed by atoms with van der Waals surface area (Å²) in [6.07, 6.45) is 1.14. The highest BCUT2D eigenvalue weighted by molar-refractivity contribution is 7.90. The van der Waals surface area contributed by atoms with Gasteiger partial charge in [0.2, 0.25) is 0 Å². The molecule has 2 heterocycles. The van der Waals surface area contributed by atoms with Crippen molar-refractivity contribution in [3.8, 4) is 17.0 Å². The molecule has 0 aliphatic heterocycles.